The first-order valence-corrected chi connectivity index (χ1v) is 7.95. The van der Waals surface area contributed by atoms with Crippen molar-refractivity contribution in [2.24, 2.45) is 5.92 Å². The molecule has 0 aromatic carbocycles. The van der Waals surface area contributed by atoms with Crippen molar-refractivity contribution in [3.63, 3.8) is 0 Å². The standard InChI is InChI=1S/C14H22Cl2O6/c1-18-8-11(17)10(15)7-9-5-6-22-14(11,21-4)12(9,16)13(10,19-2)20-3/h9,17H,5-8H2,1-4H3/t9-,10+,11+,12+,14+/m0/s1. The van der Waals surface area contributed by atoms with Gasteiger partial charge in [0.25, 0.3) is 0 Å². The zero-order valence-corrected chi connectivity index (χ0v) is 14.7. The summed E-state index contributed by atoms with van der Waals surface area (Å²) in [5.41, 5.74) is -1.74. The first-order valence-electron chi connectivity index (χ1n) is 7.19. The summed E-state index contributed by atoms with van der Waals surface area (Å²) in [5.74, 6) is -3.15. The van der Waals surface area contributed by atoms with Crippen molar-refractivity contribution in [3.8, 4) is 0 Å². The highest BCUT2D eigenvalue weighted by molar-refractivity contribution is 6.33. The van der Waals surface area contributed by atoms with E-state index in [0.717, 1.165) is 0 Å². The number of alkyl halides is 2. The summed E-state index contributed by atoms with van der Waals surface area (Å²) < 4.78 is 28.2. The van der Waals surface area contributed by atoms with E-state index in [4.69, 9.17) is 46.9 Å². The molecule has 0 spiro atoms. The van der Waals surface area contributed by atoms with E-state index < -0.39 is 26.9 Å². The zero-order chi connectivity index (χ0) is 16.4. The third-order valence-corrected chi connectivity index (χ3v) is 7.28. The molecule has 2 bridgehead atoms. The van der Waals surface area contributed by atoms with Crippen LogP contribution >= 0.6 is 23.2 Å². The van der Waals surface area contributed by atoms with Crippen LogP contribution in [-0.4, -0.2) is 73.7 Å². The van der Waals surface area contributed by atoms with E-state index in [2.05, 4.69) is 0 Å². The number of rotatable bonds is 5. The van der Waals surface area contributed by atoms with Crippen LogP contribution in [0.5, 0.6) is 0 Å². The lowest BCUT2D eigenvalue weighted by Crippen LogP contribution is -2.74. The van der Waals surface area contributed by atoms with E-state index in [1.165, 1.54) is 28.4 Å². The largest absolute Gasteiger partial charge is 0.381 e. The number of hydrogen-bond donors (Lipinski definition) is 1. The van der Waals surface area contributed by atoms with Crippen molar-refractivity contribution >= 4 is 23.2 Å². The number of halogens is 2. The summed E-state index contributed by atoms with van der Waals surface area (Å²) in [7, 11) is 5.82. The molecule has 3 rings (SSSR count). The quantitative estimate of drug-likeness (QED) is 0.587. The van der Waals surface area contributed by atoms with E-state index in [1.54, 1.807) is 0 Å². The van der Waals surface area contributed by atoms with Gasteiger partial charge in [0.2, 0.25) is 11.6 Å². The predicted octanol–water partition coefficient (Wildman–Crippen LogP) is 1.10. The van der Waals surface area contributed by atoms with Gasteiger partial charge in [0.15, 0.2) is 10.5 Å². The third kappa shape index (κ3) is 1.31. The van der Waals surface area contributed by atoms with Gasteiger partial charge >= 0.3 is 0 Å². The fraction of sp³-hybridized carbons (Fsp3) is 1.00. The first kappa shape index (κ1) is 17.2. The molecule has 1 aliphatic heterocycles. The molecular weight excluding hydrogens is 335 g/mol. The van der Waals surface area contributed by atoms with Gasteiger partial charge in [-0.1, -0.05) is 0 Å². The Morgan fingerprint density at radius 1 is 1.14 bits per heavy atom. The summed E-state index contributed by atoms with van der Waals surface area (Å²) in [6.07, 6.45) is 1.09. The topological polar surface area (TPSA) is 66.4 Å². The number of methoxy groups -OCH3 is 4. The van der Waals surface area contributed by atoms with Crippen LogP contribution in [0.4, 0.5) is 0 Å². The summed E-state index contributed by atoms with van der Waals surface area (Å²) in [4.78, 5) is -2.67. The molecule has 0 radical (unpaired) electrons. The normalized spacial score (nSPS) is 52.2. The Balaban J connectivity index is 2.33. The second-order valence-electron chi connectivity index (χ2n) is 6.19. The smallest absolute Gasteiger partial charge is 0.227 e. The molecule has 6 nitrogen and oxygen atoms in total. The van der Waals surface area contributed by atoms with Gasteiger partial charge in [0.1, 0.15) is 4.87 Å². The van der Waals surface area contributed by atoms with E-state index >= 15 is 0 Å². The molecule has 3 aliphatic rings. The van der Waals surface area contributed by atoms with E-state index in [0.29, 0.717) is 19.4 Å². The van der Waals surface area contributed by atoms with Gasteiger partial charge in [-0.2, -0.15) is 0 Å². The average molecular weight is 357 g/mol. The van der Waals surface area contributed by atoms with Crippen molar-refractivity contribution < 1.29 is 28.8 Å². The maximum atomic E-state index is 11.5. The van der Waals surface area contributed by atoms with Crippen LogP contribution in [0.2, 0.25) is 0 Å². The molecule has 0 unspecified atom stereocenters. The Labute approximate surface area is 139 Å². The minimum absolute atomic E-state index is 0.0857. The first-order chi connectivity index (χ1) is 10.3. The van der Waals surface area contributed by atoms with Gasteiger partial charge in [-0.15, -0.1) is 23.2 Å². The van der Waals surface area contributed by atoms with Crippen LogP contribution in [0.1, 0.15) is 12.8 Å². The van der Waals surface area contributed by atoms with Crippen molar-refractivity contribution in [2.45, 2.75) is 39.8 Å². The fourth-order valence-corrected chi connectivity index (χ4v) is 6.54. The molecule has 0 aromatic heterocycles. The van der Waals surface area contributed by atoms with Crippen molar-refractivity contribution in [2.75, 3.05) is 41.7 Å². The van der Waals surface area contributed by atoms with Crippen LogP contribution in [-0.2, 0) is 23.7 Å². The second kappa shape index (κ2) is 4.92. The minimum Gasteiger partial charge on any atom is -0.381 e. The summed E-state index contributed by atoms with van der Waals surface area (Å²) in [6.45, 7) is 0.273. The molecule has 2 saturated carbocycles. The molecule has 2 aliphatic carbocycles. The van der Waals surface area contributed by atoms with Crippen LogP contribution in [0.25, 0.3) is 0 Å². The molecule has 128 valence electrons. The minimum atomic E-state index is -1.74. The highest BCUT2D eigenvalue weighted by Gasteiger charge is 2.97. The molecule has 8 heteroatoms. The molecule has 0 aromatic rings. The van der Waals surface area contributed by atoms with E-state index in [9.17, 15) is 5.11 Å². The highest BCUT2D eigenvalue weighted by atomic mass is 35.5. The van der Waals surface area contributed by atoms with Crippen molar-refractivity contribution in [1.29, 1.82) is 0 Å². The average Bonchev–Trinajstić information content (AvgIpc) is 2.76. The summed E-state index contributed by atoms with van der Waals surface area (Å²) in [6, 6.07) is 0. The molecule has 5 atom stereocenters. The van der Waals surface area contributed by atoms with Gasteiger partial charge < -0.3 is 28.8 Å². The number of aliphatic hydroxyl groups is 1. The number of fused-ring (bicyclic) bond motifs is 1. The van der Waals surface area contributed by atoms with Crippen LogP contribution in [0.3, 0.4) is 0 Å². The Bertz CT molecular complexity index is 472. The maximum Gasteiger partial charge on any atom is 0.227 e. The van der Waals surface area contributed by atoms with Gasteiger partial charge in [-0.05, 0) is 18.8 Å². The zero-order valence-electron chi connectivity index (χ0n) is 13.2. The lowest BCUT2D eigenvalue weighted by Gasteiger charge is -2.56. The van der Waals surface area contributed by atoms with Gasteiger partial charge in [0, 0.05) is 28.4 Å². The lowest BCUT2D eigenvalue weighted by molar-refractivity contribution is -0.357. The maximum absolute atomic E-state index is 11.5. The van der Waals surface area contributed by atoms with Gasteiger partial charge in [0.05, 0.1) is 13.2 Å². The van der Waals surface area contributed by atoms with Crippen LogP contribution in [0.15, 0.2) is 0 Å². The molecule has 1 saturated heterocycles. The fourth-order valence-electron chi connectivity index (χ4n) is 5.03. The third-order valence-electron chi connectivity index (χ3n) is 5.76. The number of hydrogen-bond acceptors (Lipinski definition) is 6. The highest BCUT2D eigenvalue weighted by Crippen LogP contribution is 2.77. The molecule has 0 amide bonds. The van der Waals surface area contributed by atoms with Crippen LogP contribution < -0.4 is 0 Å². The lowest BCUT2D eigenvalue weighted by atomic mass is 9.70. The van der Waals surface area contributed by atoms with Gasteiger partial charge in [-0.3, -0.25) is 0 Å². The Hall–Kier alpha value is 0.340. The molecule has 22 heavy (non-hydrogen) atoms. The van der Waals surface area contributed by atoms with Crippen molar-refractivity contribution in [3.05, 3.63) is 0 Å². The number of ether oxygens (including phenoxy) is 5. The Morgan fingerprint density at radius 3 is 2.27 bits per heavy atom. The monoisotopic (exact) mass is 356 g/mol. The summed E-state index contributed by atoms with van der Waals surface area (Å²) >= 11 is 14.0. The van der Waals surface area contributed by atoms with Gasteiger partial charge in [-0.25, -0.2) is 0 Å². The SMILES string of the molecule is COC[C@]1(O)[C@@]2(OC)OCC[C@H]3C[C@]1(Cl)C(OC)(OC)[C@]32Cl. The van der Waals surface area contributed by atoms with Crippen molar-refractivity contribution in [1.82, 2.24) is 0 Å². The van der Waals surface area contributed by atoms with E-state index in [-0.39, 0.29) is 12.5 Å². The molecule has 1 N–H and O–H groups in total. The van der Waals surface area contributed by atoms with E-state index in [1.807, 2.05) is 0 Å². The predicted molar refractivity (Wildman–Crippen MR) is 79.2 cm³/mol. The molecule has 1 heterocycles. The molecular formula is C14H22Cl2O6. The Kier molecular flexibility index (Phi) is 3.84. The summed E-state index contributed by atoms with van der Waals surface area (Å²) in [5, 5.41) is 11.5. The Morgan fingerprint density at radius 2 is 1.77 bits per heavy atom. The second-order valence-corrected chi connectivity index (χ2v) is 7.43. The van der Waals surface area contributed by atoms with Crippen LogP contribution in [0, 0.1) is 5.92 Å². The molecule has 3 fully saturated rings.